The van der Waals surface area contributed by atoms with Crippen molar-refractivity contribution in [2.45, 2.75) is 38.8 Å². The summed E-state index contributed by atoms with van der Waals surface area (Å²) in [6.45, 7) is 4.57. The maximum atomic E-state index is 12.8. The van der Waals surface area contributed by atoms with E-state index in [1.807, 2.05) is 19.1 Å². The number of halogens is 2. The molecule has 0 saturated carbocycles. The zero-order valence-corrected chi connectivity index (χ0v) is 14.4. The summed E-state index contributed by atoms with van der Waals surface area (Å²) in [5.41, 5.74) is 1.88. The van der Waals surface area contributed by atoms with Crippen molar-refractivity contribution >= 4 is 11.8 Å². The molecule has 138 valence electrons. The molecule has 2 amide bonds. The van der Waals surface area contributed by atoms with E-state index in [-0.39, 0.29) is 19.2 Å². The fraction of sp³-hybridized carbons (Fsp3) is 0.647. The van der Waals surface area contributed by atoms with Gasteiger partial charge in [-0.15, -0.1) is 0 Å². The Morgan fingerprint density at radius 1 is 1.36 bits per heavy atom. The number of carbonyl (C=O) groups is 1. The number of ether oxygens (including phenoxy) is 1. The maximum absolute atomic E-state index is 12.8. The Bertz CT molecular complexity index is 608. The van der Waals surface area contributed by atoms with Crippen LogP contribution >= 0.6 is 0 Å². The minimum atomic E-state index is -2.58. The molecule has 1 N–H and O–H groups in total. The molecule has 2 aliphatic heterocycles. The molecule has 3 rings (SSSR count). The molecular formula is C17H24F2N4O2. The molecule has 2 fully saturated rings. The minimum Gasteiger partial charge on any atom is -0.369 e. The number of anilines is 1. The highest BCUT2D eigenvalue weighted by molar-refractivity contribution is 5.74. The van der Waals surface area contributed by atoms with Crippen molar-refractivity contribution in [1.29, 1.82) is 0 Å². The number of urea groups is 1. The minimum absolute atomic E-state index is 0.0887. The third-order valence-electron chi connectivity index (χ3n) is 4.59. The fourth-order valence-electron chi connectivity index (χ4n) is 3.21. The summed E-state index contributed by atoms with van der Waals surface area (Å²) < 4.78 is 30.5. The zero-order valence-electron chi connectivity index (χ0n) is 14.4. The highest BCUT2D eigenvalue weighted by atomic mass is 19.3. The first kappa shape index (κ1) is 17.8. The molecule has 0 aromatic carbocycles. The summed E-state index contributed by atoms with van der Waals surface area (Å²) in [5, 5.41) is 2.83. The number of nitrogens with zero attached hydrogens (tertiary/aromatic N) is 3. The van der Waals surface area contributed by atoms with Gasteiger partial charge in [-0.1, -0.05) is 6.07 Å². The number of pyridine rings is 1. The third kappa shape index (κ3) is 4.36. The van der Waals surface area contributed by atoms with E-state index >= 15 is 0 Å². The number of rotatable bonds is 4. The van der Waals surface area contributed by atoms with E-state index in [0.717, 1.165) is 43.0 Å². The molecule has 0 bridgehead atoms. The van der Waals surface area contributed by atoms with Crippen molar-refractivity contribution in [1.82, 2.24) is 15.2 Å². The number of aromatic nitrogens is 1. The van der Waals surface area contributed by atoms with E-state index in [0.29, 0.717) is 13.1 Å². The Kier molecular flexibility index (Phi) is 5.67. The van der Waals surface area contributed by atoms with Gasteiger partial charge in [-0.3, -0.25) is 0 Å². The number of morpholine rings is 1. The van der Waals surface area contributed by atoms with Crippen LogP contribution in [0.4, 0.5) is 19.4 Å². The summed E-state index contributed by atoms with van der Waals surface area (Å²) in [5.74, 6) is 0.908. The summed E-state index contributed by atoms with van der Waals surface area (Å²) in [7, 11) is 0. The summed E-state index contributed by atoms with van der Waals surface area (Å²) in [6.07, 6.45) is -1.51. The average molecular weight is 354 g/mol. The largest absolute Gasteiger partial charge is 0.369 e. The van der Waals surface area contributed by atoms with Gasteiger partial charge in [-0.05, 0) is 25.8 Å². The molecule has 1 aromatic rings. The lowest BCUT2D eigenvalue weighted by atomic mass is 10.2. The first-order chi connectivity index (χ1) is 12.0. The molecule has 25 heavy (non-hydrogen) atoms. The molecule has 0 aliphatic carbocycles. The third-order valence-corrected chi connectivity index (χ3v) is 4.59. The van der Waals surface area contributed by atoms with E-state index in [1.165, 1.54) is 4.90 Å². The number of aryl methyl sites for hydroxylation is 1. The summed E-state index contributed by atoms with van der Waals surface area (Å²) >= 11 is 0. The van der Waals surface area contributed by atoms with Gasteiger partial charge in [0.05, 0.1) is 13.2 Å². The van der Waals surface area contributed by atoms with E-state index in [9.17, 15) is 13.6 Å². The highest BCUT2D eigenvalue weighted by Crippen LogP contribution is 2.23. The molecule has 8 heteroatoms. The predicted molar refractivity (Wildman–Crippen MR) is 90.0 cm³/mol. The van der Waals surface area contributed by atoms with Crippen molar-refractivity contribution < 1.29 is 18.3 Å². The van der Waals surface area contributed by atoms with E-state index in [4.69, 9.17) is 4.74 Å². The number of hydrogen-bond donors (Lipinski definition) is 1. The van der Waals surface area contributed by atoms with Crippen LogP contribution < -0.4 is 10.2 Å². The summed E-state index contributed by atoms with van der Waals surface area (Å²) in [6, 6.07) is 3.54. The van der Waals surface area contributed by atoms with Gasteiger partial charge < -0.3 is 19.9 Å². The first-order valence-electron chi connectivity index (χ1n) is 8.68. The number of carbonyl (C=O) groups excluding carboxylic acids is 1. The first-order valence-corrected chi connectivity index (χ1v) is 8.68. The molecule has 3 heterocycles. The monoisotopic (exact) mass is 354 g/mol. The Balaban J connectivity index is 1.62. The van der Waals surface area contributed by atoms with Crippen LogP contribution in [0.2, 0.25) is 0 Å². The van der Waals surface area contributed by atoms with Crippen molar-refractivity contribution in [3.05, 3.63) is 23.4 Å². The van der Waals surface area contributed by atoms with Crippen LogP contribution in [0.25, 0.3) is 0 Å². The van der Waals surface area contributed by atoms with Crippen molar-refractivity contribution in [2.75, 3.05) is 37.7 Å². The van der Waals surface area contributed by atoms with Gasteiger partial charge in [-0.25, -0.2) is 18.6 Å². The van der Waals surface area contributed by atoms with Crippen LogP contribution in [-0.4, -0.2) is 61.2 Å². The second-order valence-electron chi connectivity index (χ2n) is 6.48. The molecular weight excluding hydrogens is 330 g/mol. The van der Waals surface area contributed by atoms with Crippen LogP contribution in [0.15, 0.2) is 12.1 Å². The molecule has 1 unspecified atom stereocenters. The van der Waals surface area contributed by atoms with Gasteiger partial charge in [-0.2, -0.15) is 0 Å². The van der Waals surface area contributed by atoms with Crippen molar-refractivity contribution in [3.63, 3.8) is 0 Å². The predicted octanol–water partition coefficient (Wildman–Crippen LogP) is 2.17. The van der Waals surface area contributed by atoms with Gasteiger partial charge >= 0.3 is 6.03 Å². The second-order valence-corrected chi connectivity index (χ2v) is 6.48. The second kappa shape index (κ2) is 7.95. The summed E-state index contributed by atoms with van der Waals surface area (Å²) in [4.78, 5) is 20.6. The smallest absolute Gasteiger partial charge is 0.317 e. The van der Waals surface area contributed by atoms with Gasteiger partial charge in [0.15, 0.2) is 0 Å². The Labute approximate surface area is 146 Å². The molecule has 1 aromatic heterocycles. The average Bonchev–Trinajstić information content (AvgIpc) is 3.15. The Morgan fingerprint density at radius 2 is 2.12 bits per heavy atom. The fourth-order valence-corrected chi connectivity index (χ4v) is 3.21. The Morgan fingerprint density at radius 3 is 2.84 bits per heavy atom. The van der Waals surface area contributed by atoms with Gasteiger partial charge in [0.25, 0.3) is 6.43 Å². The van der Waals surface area contributed by atoms with E-state index in [2.05, 4.69) is 15.2 Å². The number of nitrogens with one attached hydrogen (secondary N) is 1. The van der Waals surface area contributed by atoms with Crippen LogP contribution in [0.1, 0.15) is 24.1 Å². The lowest BCUT2D eigenvalue weighted by molar-refractivity contribution is -0.0925. The topological polar surface area (TPSA) is 57.7 Å². The van der Waals surface area contributed by atoms with Crippen LogP contribution in [0.5, 0.6) is 0 Å². The van der Waals surface area contributed by atoms with E-state index < -0.39 is 12.5 Å². The molecule has 0 radical (unpaired) electrons. The number of amides is 2. The van der Waals surface area contributed by atoms with Crippen LogP contribution in [-0.2, 0) is 11.3 Å². The lowest BCUT2D eigenvalue weighted by Crippen LogP contribution is -2.51. The normalized spacial score (nSPS) is 21.0. The quantitative estimate of drug-likeness (QED) is 0.900. The lowest BCUT2D eigenvalue weighted by Gasteiger charge is -2.32. The van der Waals surface area contributed by atoms with Gasteiger partial charge in [0.1, 0.15) is 11.9 Å². The van der Waals surface area contributed by atoms with Gasteiger partial charge in [0, 0.05) is 37.4 Å². The standard InChI is InChI=1S/C17H24F2N4O2/c1-12-4-5-13(16(21-12)22-6-2-3-7-22)10-20-17(24)23-8-9-25-14(11-23)15(18)19/h4-5,14-15H,2-3,6-11H2,1H3,(H,20,24). The molecule has 2 saturated heterocycles. The SMILES string of the molecule is Cc1ccc(CNC(=O)N2CCOC(C(F)F)C2)c(N2CCCC2)n1. The number of hydrogen-bond acceptors (Lipinski definition) is 4. The zero-order chi connectivity index (χ0) is 17.8. The highest BCUT2D eigenvalue weighted by Gasteiger charge is 2.30. The van der Waals surface area contributed by atoms with Crippen LogP contribution in [0.3, 0.4) is 0 Å². The van der Waals surface area contributed by atoms with E-state index in [1.54, 1.807) is 0 Å². The molecule has 1 atom stereocenters. The molecule has 0 spiro atoms. The maximum Gasteiger partial charge on any atom is 0.317 e. The van der Waals surface area contributed by atoms with Crippen LogP contribution in [0, 0.1) is 6.92 Å². The van der Waals surface area contributed by atoms with Gasteiger partial charge in [0.2, 0.25) is 0 Å². The molecule has 6 nitrogen and oxygen atoms in total. The Hall–Kier alpha value is -1.96. The van der Waals surface area contributed by atoms with Crippen molar-refractivity contribution in [2.24, 2.45) is 0 Å². The number of alkyl halides is 2. The van der Waals surface area contributed by atoms with Crippen molar-refractivity contribution in [3.8, 4) is 0 Å². The molecule has 2 aliphatic rings.